The molecule has 0 saturated carbocycles. The van der Waals surface area contributed by atoms with E-state index in [1.54, 1.807) is 7.11 Å². The molecular weight excluding hydrogens is 316 g/mol. The Morgan fingerprint density at radius 1 is 1.35 bits per heavy atom. The minimum atomic E-state index is -2.93. The predicted octanol–water partition coefficient (Wildman–Crippen LogP) is 0.820. The number of benzene rings is 1. The highest BCUT2D eigenvalue weighted by Gasteiger charge is 2.32. The number of hydrogen-bond donors (Lipinski definition) is 1. The minimum Gasteiger partial charge on any atom is -0.497 e. The SMILES string of the molecule is CCN(CC(=O)NCc1ccc(OC)cc1)C1CCS(=O)(=O)C1. The Hall–Kier alpha value is -1.60. The van der Waals surface area contributed by atoms with Crippen molar-refractivity contribution in [2.45, 2.75) is 25.9 Å². The second-order valence-corrected chi connectivity index (χ2v) is 7.97. The normalized spacial score (nSPS) is 19.7. The Morgan fingerprint density at radius 2 is 2.04 bits per heavy atom. The van der Waals surface area contributed by atoms with Gasteiger partial charge in [0.05, 0.1) is 25.2 Å². The number of amides is 1. The van der Waals surface area contributed by atoms with Crippen LogP contribution in [0.25, 0.3) is 0 Å². The molecule has 0 aromatic heterocycles. The summed E-state index contributed by atoms with van der Waals surface area (Å²) in [6, 6.07) is 7.46. The van der Waals surface area contributed by atoms with Gasteiger partial charge in [0.25, 0.3) is 0 Å². The Kier molecular flexibility index (Phi) is 6.01. The molecule has 0 radical (unpaired) electrons. The van der Waals surface area contributed by atoms with Crippen LogP contribution in [0.4, 0.5) is 0 Å². The summed E-state index contributed by atoms with van der Waals surface area (Å²) in [6.45, 7) is 3.29. The number of nitrogens with zero attached hydrogens (tertiary/aromatic N) is 1. The molecule has 1 saturated heterocycles. The smallest absolute Gasteiger partial charge is 0.234 e. The number of methoxy groups -OCH3 is 1. The lowest BCUT2D eigenvalue weighted by Crippen LogP contribution is -2.43. The zero-order valence-corrected chi connectivity index (χ0v) is 14.4. The molecular formula is C16H24N2O4S. The first kappa shape index (κ1) is 17.7. The average molecular weight is 340 g/mol. The standard InChI is InChI=1S/C16H24N2O4S/c1-3-18(14-8-9-23(20,21)12-14)11-16(19)17-10-13-4-6-15(22-2)7-5-13/h4-7,14H,3,8-12H2,1-2H3,(H,17,19). The van der Waals surface area contributed by atoms with Gasteiger partial charge in [0.2, 0.25) is 5.91 Å². The molecule has 1 aliphatic heterocycles. The lowest BCUT2D eigenvalue weighted by molar-refractivity contribution is -0.122. The third kappa shape index (κ3) is 5.21. The number of likely N-dealkylation sites (N-methyl/N-ethyl adjacent to an activating group) is 1. The van der Waals surface area contributed by atoms with Crippen LogP contribution >= 0.6 is 0 Å². The topological polar surface area (TPSA) is 75.7 Å². The molecule has 1 fully saturated rings. The molecule has 1 aliphatic rings. The van der Waals surface area contributed by atoms with E-state index in [4.69, 9.17) is 4.74 Å². The van der Waals surface area contributed by atoms with Crippen LogP contribution in [0.3, 0.4) is 0 Å². The maximum Gasteiger partial charge on any atom is 0.234 e. The van der Waals surface area contributed by atoms with Crippen molar-refractivity contribution in [3.05, 3.63) is 29.8 Å². The van der Waals surface area contributed by atoms with Crippen LogP contribution in [-0.2, 0) is 21.2 Å². The summed E-state index contributed by atoms with van der Waals surface area (Å²) < 4.78 is 28.2. The highest BCUT2D eigenvalue weighted by atomic mass is 32.2. The van der Waals surface area contributed by atoms with Gasteiger partial charge in [-0.3, -0.25) is 9.69 Å². The first-order valence-corrected chi connectivity index (χ1v) is 9.59. The minimum absolute atomic E-state index is 0.0447. The van der Waals surface area contributed by atoms with Crippen LogP contribution in [-0.4, -0.2) is 57.0 Å². The third-order valence-corrected chi connectivity index (χ3v) is 5.88. The van der Waals surface area contributed by atoms with Gasteiger partial charge in [0.15, 0.2) is 9.84 Å². The van der Waals surface area contributed by atoms with E-state index in [0.717, 1.165) is 11.3 Å². The zero-order valence-electron chi connectivity index (χ0n) is 13.6. The molecule has 1 unspecified atom stereocenters. The van der Waals surface area contributed by atoms with Crippen LogP contribution < -0.4 is 10.1 Å². The second kappa shape index (κ2) is 7.79. The van der Waals surface area contributed by atoms with E-state index in [1.807, 2.05) is 36.1 Å². The molecule has 1 aromatic carbocycles. The van der Waals surface area contributed by atoms with Gasteiger partial charge in [-0.25, -0.2) is 8.42 Å². The van der Waals surface area contributed by atoms with Crippen molar-refractivity contribution < 1.29 is 17.9 Å². The maximum atomic E-state index is 12.1. The van der Waals surface area contributed by atoms with Crippen LogP contribution in [0.2, 0.25) is 0 Å². The highest BCUT2D eigenvalue weighted by molar-refractivity contribution is 7.91. The van der Waals surface area contributed by atoms with Crippen molar-refractivity contribution in [2.75, 3.05) is 31.7 Å². The number of nitrogens with one attached hydrogen (secondary N) is 1. The Morgan fingerprint density at radius 3 is 2.57 bits per heavy atom. The summed E-state index contributed by atoms with van der Waals surface area (Å²) >= 11 is 0. The zero-order chi connectivity index (χ0) is 16.9. The van der Waals surface area contributed by atoms with E-state index >= 15 is 0 Å². The molecule has 6 nitrogen and oxygen atoms in total. The van der Waals surface area contributed by atoms with Crippen molar-refractivity contribution in [2.24, 2.45) is 0 Å². The predicted molar refractivity (Wildman–Crippen MR) is 89.1 cm³/mol. The number of hydrogen-bond acceptors (Lipinski definition) is 5. The van der Waals surface area contributed by atoms with E-state index in [2.05, 4.69) is 5.32 Å². The van der Waals surface area contributed by atoms with Crippen LogP contribution in [0, 0.1) is 0 Å². The van der Waals surface area contributed by atoms with Gasteiger partial charge in [0.1, 0.15) is 5.75 Å². The van der Waals surface area contributed by atoms with Crippen molar-refractivity contribution in [1.29, 1.82) is 0 Å². The fourth-order valence-corrected chi connectivity index (χ4v) is 4.51. The molecule has 7 heteroatoms. The van der Waals surface area contributed by atoms with Gasteiger partial charge in [-0.15, -0.1) is 0 Å². The Balaban J connectivity index is 1.82. The molecule has 128 valence electrons. The fraction of sp³-hybridized carbons (Fsp3) is 0.562. The van der Waals surface area contributed by atoms with E-state index in [9.17, 15) is 13.2 Å². The molecule has 0 aliphatic carbocycles. The number of rotatable bonds is 7. The summed E-state index contributed by atoms with van der Waals surface area (Å²) in [7, 11) is -1.32. The summed E-state index contributed by atoms with van der Waals surface area (Å²) in [4.78, 5) is 14.0. The van der Waals surface area contributed by atoms with E-state index in [-0.39, 0.29) is 30.0 Å². The highest BCUT2D eigenvalue weighted by Crippen LogP contribution is 2.17. The largest absolute Gasteiger partial charge is 0.497 e. The number of sulfone groups is 1. The Bertz CT molecular complexity index is 628. The summed E-state index contributed by atoms with van der Waals surface area (Å²) in [5.41, 5.74) is 0.991. The molecule has 0 bridgehead atoms. The quantitative estimate of drug-likeness (QED) is 0.795. The lowest BCUT2D eigenvalue weighted by atomic mass is 10.2. The molecule has 1 aromatic rings. The molecule has 23 heavy (non-hydrogen) atoms. The van der Waals surface area contributed by atoms with Gasteiger partial charge in [-0.1, -0.05) is 19.1 Å². The molecule has 2 rings (SSSR count). The van der Waals surface area contributed by atoms with Gasteiger partial charge in [-0.2, -0.15) is 0 Å². The van der Waals surface area contributed by atoms with Gasteiger partial charge >= 0.3 is 0 Å². The molecule has 1 heterocycles. The summed E-state index contributed by atoms with van der Waals surface area (Å²) in [5, 5.41) is 2.87. The molecule has 1 N–H and O–H groups in total. The summed E-state index contributed by atoms with van der Waals surface area (Å²) in [5.74, 6) is 1.07. The molecule has 1 atom stereocenters. The van der Waals surface area contributed by atoms with Crippen molar-refractivity contribution in [3.63, 3.8) is 0 Å². The Labute approximate surface area is 137 Å². The first-order valence-electron chi connectivity index (χ1n) is 7.77. The van der Waals surface area contributed by atoms with Gasteiger partial charge < -0.3 is 10.1 Å². The van der Waals surface area contributed by atoms with Crippen molar-refractivity contribution in [3.8, 4) is 5.75 Å². The maximum absolute atomic E-state index is 12.1. The van der Waals surface area contributed by atoms with Gasteiger partial charge in [-0.05, 0) is 30.7 Å². The summed E-state index contributed by atoms with van der Waals surface area (Å²) in [6.07, 6.45) is 0.613. The van der Waals surface area contributed by atoms with Crippen LogP contribution in [0.1, 0.15) is 18.9 Å². The third-order valence-electron chi connectivity index (χ3n) is 4.13. The first-order chi connectivity index (χ1) is 10.9. The number of ether oxygens (including phenoxy) is 1. The average Bonchev–Trinajstić information content (AvgIpc) is 2.91. The molecule has 0 spiro atoms. The second-order valence-electron chi connectivity index (χ2n) is 5.74. The van der Waals surface area contributed by atoms with Crippen molar-refractivity contribution in [1.82, 2.24) is 10.2 Å². The van der Waals surface area contributed by atoms with Crippen molar-refractivity contribution >= 4 is 15.7 Å². The van der Waals surface area contributed by atoms with Crippen LogP contribution in [0.15, 0.2) is 24.3 Å². The monoisotopic (exact) mass is 340 g/mol. The molecule has 1 amide bonds. The van der Waals surface area contributed by atoms with Crippen LogP contribution in [0.5, 0.6) is 5.75 Å². The van der Waals surface area contributed by atoms with E-state index < -0.39 is 9.84 Å². The number of carbonyl (C=O) groups excluding carboxylic acids is 1. The van der Waals surface area contributed by atoms with E-state index in [1.165, 1.54) is 0 Å². The van der Waals surface area contributed by atoms with E-state index in [0.29, 0.717) is 19.5 Å². The lowest BCUT2D eigenvalue weighted by Gasteiger charge is -2.25. The fourth-order valence-electron chi connectivity index (χ4n) is 2.75. The number of carbonyl (C=O) groups is 1. The van der Waals surface area contributed by atoms with Gasteiger partial charge in [0, 0.05) is 12.6 Å².